The summed E-state index contributed by atoms with van der Waals surface area (Å²) in [5.74, 6) is 0.718. The molecule has 0 saturated carbocycles. The Morgan fingerprint density at radius 3 is 2.50 bits per heavy atom. The SMILES string of the molecule is CCC(C)(O)COc1ccc(CC#N)cc1. The van der Waals surface area contributed by atoms with Crippen molar-refractivity contribution in [2.75, 3.05) is 6.61 Å². The quantitative estimate of drug-likeness (QED) is 0.826. The number of nitriles is 1. The summed E-state index contributed by atoms with van der Waals surface area (Å²) >= 11 is 0. The van der Waals surface area contributed by atoms with Crippen LogP contribution < -0.4 is 4.74 Å². The number of hydrogen-bond donors (Lipinski definition) is 1. The number of benzene rings is 1. The molecule has 0 amide bonds. The van der Waals surface area contributed by atoms with Crippen LogP contribution in [-0.4, -0.2) is 17.3 Å². The number of aliphatic hydroxyl groups is 1. The standard InChI is InChI=1S/C13H17NO2/c1-3-13(2,15)10-16-12-6-4-11(5-7-12)8-9-14/h4-7,15H,3,8,10H2,1-2H3. The van der Waals surface area contributed by atoms with Crippen LogP contribution in [0.4, 0.5) is 0 Å². The lowest BCUT2D eigenvalue weighted by atomic mass is 10.1. The Morgan fingerprint density at radius 1 is 1.38 bits per heavy atom. The van der Waals surface area contributed by atoms with E-state index in [1.807, 2.05) is 31.2 Å². The molecule has 1 unspecified atom stereocenters. The van der Waals surface area contributed by atoms with Crippen molar-refractivity contribution in [2.45, 2.75) is 32.3 Å². The monoisotopic (exact) mass is 219 g/mol. The van der Waals surface area contributed by atoms with Crippen LogP contribution in [0.15, 0.2) is 24.3 Å². The first kappa shape index (κ1) is 12.5. The minimum Gasteiger partial charge on any atom is -0.491 e. The fraction of sp³-hybridized carbons (Fsp3) is 0.462. The van der Waals surface area contributed by atoms with Gasteiger partial charge in [-0.2, -0.15) is 5.26 Å². The largest absolute Gasteiger partial charge is 0.491 e. The smallest absolute Gasteiger partial charge is 0.119 e. The summed E-state index contributed by atoms with van der Waals surface area (Å²) in [5, 5.41) is 18.3. The van der Waals surface area contributed by atoms with E-state index in [9.17, 15) is 5.11 Å². The van der Waals surface area contributed by atoms with Crippen LogP contribution in [0, 0.1) is 11.3 Å². The maximum atomic E-state index is 9.76. The highest BCUT2D eigenvalue weighted by Gasteiger charge is 2.18. The van der Waals surface area contributed by atoms with E-state index >= 15 is 0 Å². The predicted molar refractivity (Wildman–Crippen MR) is 62.2 cm³/mol. The fourth-order valence-corrected chi connectivity index (χ4v) is 1.14. The Labute approximate surface area is 96.3 Å². The van der Waals surface area contributed by atoms with E-state index in [4.69, 9.17) is 10.00 Å². The second-order valence-electron chi connectivity index (χ2n) is 4.12. The van der Waals surface area contributed by atoms with Crippen molar-refractivity contribution in [1.29, 1.82) is 5.26 Å². The molecule has 1 rings (SSSR count). The Bertz CT molecular complexity index is 363. The maximum Gasteiger partial charge on any atom is 0.119 e. The first-order chi connectivity index (χ1) is 7.57. The van der Waals surface area contributed by atoms with E-state index in [2.05, 4.69) is 6.07 Å². The van der Waals surface area contributed by atoms with Gasteiger partial charge < -0.3 is 9.84 Å². The van der Waals surface area contributed by atoms with E-state index in [0.29, 0.717) is 12.8 Å². The summed E-state index contributed by atoms with van der Waals surface area (Å²) in [6.45, 7) is 3.94. The second kappa shape index (κ2) is 5.53. The van der Waals surface area contributed by atoms with Gasteiger partial charge in [0.25, 0.3) is 0 Å². The first-order valence-electron chi connectivity index (χ1n) is 5.38. The van der Waals surface area contributed by atoms with E-state index in [-0.39, 0.29) is 6.61 Å². The Hall–Kier alpha value is -1.53. The highest BCUT2D eigenvalue weighted by Crippen LogP contribution is 2.16. The lowest BCUT2D eigenvalue weighted by molar-refractivity contribution is 0.00847. The zero-order valence-corrected chi connectivity index (χ0v) is 9.73. The summed E-state index contributed by atoms with van der Waals surface area (Å²) in [7, 11) is 0. The van der Waals surface area contributed by atoms with Gasteiger partial charge in [-0.05, 0) is 31.0 Å². The molecule has 0 aliphatic rings. The molecule has 0 radical (unpaired) electrons. The van der Waals surface area contributed by atoms with E-state index < -0.39 is 5.60 Å². The lowest BCUT2D eigenvalue weighted by Gasteiger charge is -2.21. The predicted octanol–water partition coefficient (Wildman–Crippen LogP) is 2.29. The Morgan fingerprint density at radius 2 is 2.00 bits per heavy atom. The van der Waals surface area contributed by atoms with Gasteiger partial charge in [0.1, 0.15) is 12.4 Å². The molecule has 0 aromatic heterocycles. The second-order valence-corrected chi connectivity index (χ2v) is 4.12. The zero-order chi connectivity index (χ0) is 12.0. The summed E-state index contributed by atoms with van der Waals surface area (Å²) in [6.07, 6.45) is 1.06. The third kappa shape index (κ3) is 3.92. The molecule has 86 valence electrons. The van der Waals surface area contributed by atoms with Crippen molar-refractivity contribution in [3.05, 3.63) is 29.8 Å². The zero-order valence-electron chi connectivity index (χ0n) is 9.73. The third-order valence-electron chi connectivity index (χ3n) is 2.52. The third-order valence-corrected chi connectivity index (χ3v) is 2.52. The number of rotatable bonds is 5. The van der Waals surface area contributed by atoms with Crippen LogP contribution in [0.5, 0.6) is 5.75 Å². The van der Waals surface area contributed by atoms with Crippen molar-refractivity contribution in [3.63, 3.8) is 0 Å². The van der Waals surface area contributed by atoms with Crippen LogP contribution in [-0.2, 0) is 6.42 Å². The fourth-order valence-electron chi connectivity index (χ4n) is 1.14. The molecule has 1 aromatic carbocycles. The number of hydrogen-bond acceptors (Lipinski definition) is 3. The van der Waals surface area contributed by atoms with Crippen LogP contribution in [0.2, 0.25) is 0 Å². The molecule has 0 bridgehead atoms. The average Bonchev–Trinajstić information content (AvgIpc) is 2.29. The molecule has 0 aliphatic carbocycles. The maximum absolute atomic E-state index is 9.76. The molecule has 0 aliphatic heterocycles. The van der Waals surface area contributed by atoms with Crippen molar-refractivity contribution < 1.29 is 9.84 Å². The molecular formula is C13H17NO2. The van der Waals surface area contributed by atoms with Gasteiger partial charge in [-0.15, -0.1) is 0 Å². The minimum absolute atomic E-state index is 0.279. The highest BCUT2D eigenvalue weighted by molar-refractivity contribution is 5.28. The van der Waals surface area contributed by atoms with Gasteiger partial charge in [-0.1, -0.05) is 19.1 Å². The molecule has 16 heavy (non-hydrogen) atoms. The molecule has 0 saturated heterocycles. The number of ether oxygens (including phenoxy) is 1. The van der Waals surface area contributed by atoms with E-state index in [0.717, 1.165) is 11.3 Å². The highest BCUT2D eigenvalue weighted by atomic mass is 16.5. The van der Waals surface area contributed by atoms with Gasteiger partial charge in [-0.3, -0.25) is 0 Å². The van der Waals surface area contributed by atoms with Gasteiger partial charge in [0.2, 0.25) is 0 Å². The Kier molecular flexibility index (Phi) is 4.33. The van der Waals surface area contributed by atoms with Gasteiger partial charge in [0.15, 0.2) is 0 Å². The van der Waals surface area contributed by atoms with Crippen molar-refractivity contribution in [1.82, 2.24) is 0 Å². The van der Waals surface area contributed by atoms with Crippen LogP contribution in [0.3, 0.4) is 0 Å². The molecule has 1 atom stereocenters. The minimum atomic E-state index is -0.786. The molecule has 0 spiro atoms. The van der Waals surface area contributed by atoms with Crippen LogP contribution in [0.1, 0.15) is 25.8 Å². The van der Waals surface area contributed by atoms with Crippen LogP contribution in [0.25, 0.3) is 0 Å². The molecule has 3 nitrogen and oxygen atoms in total. The van der Waals surface area contributed by atoms with Gasteiger partial charge in [-0.25, -0.2) is 0 Å². The van der Waals surface area contributed by atoms with Crippen molar-refractivity contribution >= 4 is 0 Å². The normalized spacial score (nSPS) is 13.9. The van der Waals surface area contributed by atoms with Crippen molar-refractivity contribution in [3.8, 4) is 11.8 Å². The van der Waals surface area contributed by atoms with E-state index in [1.165, 1.54) is 0 Å². The summed E-state index contributed by atoms with van der Waals surface area (Å²) < 4.78 is 5.46. The van der Waals surface area contributed by atoms with Gasteiger partial charge in [0, 0.05) is 0 Å². The summed E-state index contributed by atoms with van der Waals surface area (Å²) in [5.41, 5.74) is 0.183. The molecular weight excluding hydrogens is 202 g/mol. The lowest BCUT2D eigenvalue weighted by Crippen LogP contribution is -2.31. The molecule has 3 heteroatoms. The topological polar surface area (TPSA) is 53.2 Å². The van der Waals surface area contributed by atoms with Crippen molar-refractivity contribution in [2.24, 2.45) is 0 Å². The summed E-state index contributed by atoms with van der Waals surface area (Å²) in [6, 6.07) is 9.44. The summed E-state index contributed by atoms with van der Waals surface area (Å²) in [4.78, 5) is 0. The molecule has 0 fully saturated rings. The first-order valence-corrected chi connectivity index (χ1v) is 5.38. The van der Waals surface area contributed by atoms with Gasteiger partial charge in [0.05, 0.1) is 18.1 Å². The molecule has 1 aromatic rings. The average molecular weight is 219 g/mol. The Balaban J connectivity index is 2.53. The van der Waals surface area contributed by atoms with Gasteiger partial charge >= 0.3 is 0 Å². The van der Waals surface area contributed by atoms with Crippen LogP contribution >= 0.6 is 0 Å². The molecule has 1 N–H and O–H groups in total. The number of nitrogens with zero attached hydrogens (tertiary/aromatic N) is 1. The molecule has 0 heterocycles. The van der Waals surface area contributed by atoms with E-state index in [1.54, 1.807) is 6.92 Å².